The molecular formula is C25H31F2N5O3S. The van der Waals surface area contributed by atoms with Crippen LogP contribution in [0.3, 0.4) is 0 Å². The van der Waals surface area contributed by atoms with E-state index < -0.39 is 29.1 Å². The van der Waals surface area contributed by atoms with E-state index in [4.69, 9.17) is 4.98 Å². The van der Waals surface area contributed by atoms with Crippen molar-refractivity contribution >= 4 is 28.6 Å². The van der Waals surface area contributed by atoms with Crippen LogP contribution in [0.15, 0.2) is 30.3 Å². The molecule has 194 valence electrons. The van der Waals surface area contributed by atoms with Crippen LogP contribution in [0.5, 0.6) is 0 Å². The molecule has 0 radical (unpaired) electrons. The highest BCUT2D eigenvalue weighted by Gasteiger charge is 2.58. The molecule has 3 aliphatic rings. The summed E-state index contributed by atoms with van der Waals surface area (Å²) in [7, 11) is 1.67. The van der Waals surface area contributed by atoms with Crippen molar-refractivity contribution < 1.29 is 22.9 Å². The number of nitrogens with zero attached hydrogens (tertiary/aromatic N) is 5. The molecule has 5 rings (SSSR count). The van der Waals surface area contributed by atoms with Crippen molar-refractivity contribution in [2.24, 2.45) is 5.92 Å². The fourth-order valence-electron chi connectivity index (χ4n) is 4.85. The zero-order valence-corrected chi connectivity index (χ0v) is 21.5. The van der Waals surface area contributed by atoms with E-state index >= 15 is 0 Å². The number of fused-ring (bicyclic) bond motifs is 1. The number of carbonyl (C=O) groups is 1. The number of aliphatic hydroxyl groups is 1. The summed E-state index contributed by atoms with van der Waals surface area (Å²) < 4.78 is 42.9. The third kappa shape index (κ3) is 4.71. The Bertz CT molecular complexity index is 1200. The number of aryl methyl sites for hydroxylation is 1. The predicted molar refractivity (Wildman–Crippen MR) is 135 cm³/mol. The van der Waals surface area contributed by atoms with Gasteiger partial charge in [-0.05, 0) is 43.2 Å². The Morgan fingerprint density at radius 1 is 1.22 bits per heavy atom. The van der Waals surface area contributed by atoms with Gasteiger partial charge in [0.15, 0.2) is 5.82 Å². The van der Waals surface area contributed by atoms with Crippen LogP contribution >= 0.6 is 0 Å². The Hall–Kier alpha value is -2.63. The van der Waals surface area contributed by atoms with Gasteiger partial charge in [0.05, 0.1) is 11.4 Å². The summed E-state index contributed by atoms with van der Waals surface area (Å²) in [6.45, 7) is 6.90. The Kier molecular flexibility index (Phi) is 6.50. The molecule has 1 saturated carbocycles. The van der Waals surface area contributed by atoms with Gasteiger partial charge < -0.3 is 10.0 Å². The van der Waals surface area contributed by atoms with Gasteiger partial charge in [-0.15, -0.1) is 0 Å². The molecule has 1 aromatic carbocycles. The summed E-state index contributed by atoms with van der Waals surface area (Å²) in [4.78, 5) is 20.8. The lowest BCUT2D eigenvalue weighted by molar-refractivity contribution is -0.141. The molecular weight excluding hydrogens is 488 g/mol. The lowest BCUT2D eigenvalue weighted by Crippen LogP contribution is -2.50. The third-order valence-electron chi connectivity index (χ3n) is 7.21. The summed E-state index contributed by atoms with van der Waals surface area (Å²) in [6.07, 6.45) is -1.14. The van der Waals surface area contributed by atoms with Crippen molar-refractivity contribution in [3.05, 3.63) is 41.5 Å². The first-order chi connectivity index (χ1) is 17.0. The third-order valence-corrected chi connectivity index (χ3v) is 8.58. The topological polar surface area (TPSA) is 80.2 Å². The van der Waals surface area contributed by atoms with E-state index in [1.54, 1.807) is 11.9 Å². The zero-order chi connectivity index (χ0) is 25.8. The summed E-state index contributed by atoms with van der Waals surface area (Å²) in [5, 5.41) is 9.54. The quantitative estimate of drug-likeness (QED) is 0.635. The minimum absolute atomic E-state index is 0.0442. The predicted octanol–water partition coefficient (Wildman–Crippen LogP) is 2.57. The molecule has 3 atom stereocenters. The number of pyridine rings is 1. The van der Waals surface area contributed by atoms with E-state index in [0.29, 0.717) is 24.6 Å². The van der Waals surface area contributed by atoms with Gasteiger partial charge in [-0.25, -0.2) is 18.0 Å². The number of alkyl halides is 2. The number of rotatable bonds is 6. The maximum atomic E-state index is 13.5. The molecule has 1 aliphatic carbocycles. The summed E-state index contributed by atoms with van der Waals surface area (Å²) >= 11 is -1.58. The molecule has 0 bridgehead atoms. The maximum Gasteiger partial charge on any atom is 0.253 e. The molecule has 1 amide bonds. The monoisotopic (exact) mass is 519 g/mol. The smallest absolute Gasteiger partial charge is 0.253 e. The second kappa shape index (κ2) is 9.35. The maximum absolute atomic E-state index is 13.5. The average molecular weight is 520 g/mol. The van der Waals surface area contributed by atoms with Crippen molar-refractivity contribution in [1.82, 2.24) is 14.8 Å². The van der Waals surface area contributed by atoms with Crippen LogP contribution in [-0.4, -0.2) is 81.8 Å². The van der Waals surface area contributed by atoms with Crippen LogP contribution in [0.2, 0.25) is 0 Å². The largest absolute Gasteiger partial charge is 0.384 e. The fraction of sp³-hybridized carbons (Fsp3) is 0.520. The first-order valence-corrected chi connectivity index (χ1v) is 13.2. The number of anilines is 2. The van der Waals surface area contributed by atoms with Crippen LogP contribution in [-0.2, 0) is 22.5 Å². The highest BCUT2D eigenvalue weighted by molar-refractivity contribution is 7.88. The van der Waals surface area contributed by atoms with Crippen molar-refractivity contribution in [2.75, 3.05) is 48.4 Å². The molecule has 11 heteroatoms. The van der Waals surface area contributed by atoms with Crippen molar-refractivity contribution in [3.8, 4) is 11.3 Å². The first-order valence-electron chi connectivity index (χ1n) is 12.2. The Labute approximate surface area is 212 Å². The summed E-state index contributed by atoms with van der Waals surface area (Å²) in [6, 6.07) is 9.92. The normalized spacial score (nSPS) is 24.1. The minimum Gasteiger partial charge on any atom is -0.384 e. The molecule has 3 unspecified atom stereocenters. The van der Waals surface area contributed by atoms with Crippen LogP contribution in [0, 0.1) is 12.8 Å². The zero-order valence-electron chi connectivity index (χ0n) is 20.7. The molecule has 2 aromatic rings. The van der Waals surface area contributed by atoms with Gasteiger partial charge in [-0.3, -0.25) is 18.3 Å². The lowest BCUT2D eigenvalue weighted by atomic mass is 10.0. The molecule has 1 saturated heterocycles. The van der Waals surface area contributed by atoms with Crippen LogP contribution in [0.1, 0.15) is 24.5 Å². The fourth-order valence-corrected chi connectivity index (χ4v) is 6.04. The van der Waals surface area contributed by atoms with E-state index in [-0.39, 0.29) is 18.9 Å². The molecule has 1 aromatic heterocycles. The lowest BCUT2D eigenvalue weighted by Gasteiger charge is -2.35. The van der Waals surface area contributed by atoms with Gasteiger partial charge in [0.1, 0.15) is 6.10 Å². The molecule has 36 heavy (non-hydrogen) atoms. The van der Waals surface area contributed by atoms with Crippen LogP contribution in [0.4, 0.5) is 20.3 Å². The van der Waals surface area contributed by atoms with E-state index in [2.05, 4.69) is 23.1 Å². The summed E-state index contributed by atoms with van der Waals surface area (Å²) in [5.74, 6) is -3.15. The van der Waals surface area contributed by atoms with E-state index in [9.17, 15) is 22.9 Å². The first kappa shape index (κ1) is 25.0. The number of benzene rings is 1. The van der Waals surface area contributed by atoms with Gasteiger partial charge in [0, 0.05) is 64.2 Å². The molecule has 1 N–H and O–H groups in total. The number of aliphatic hydroxyl groups excluding tert-OH is 1. The second-order valence-corrected chi connectivity index (χ2v) is 11.4. The number of amides is 1. The van der Waals surface area contributed by atoms with Crippen LogP contribution < -0.4 is 8.61 Å². The Balaban J connectivity index is 1.32. The van der Waals surface area contributed by atoms with Crippen LogP contribution in [0.25, 0.3) is 11.3 Å². The number of aromatic nitrogens is 1. The van der Waals surface area contributed by atoms with Gasteiger partial charge >= 0.3 is 0 Å². The Morgan fingerprint density at radius 3 is 2.56 bits per heavy atom. The highest BCUT2D eigenvalue weighted by atomic mass is 32.2. The second-order valence-electron chi connectivity index (χ2n) is 9.92. The van der Waals surface area contributed by atoms with E-state index in [0.717, 1.165) is 42.0 Å². The molecule has 0 spiro atoms. The van der Waals surface area contributed by atoms with Gasteiger partial charge in [0.25, 0.3) is 11.8 Å². The number of carbonyl (C=O) groups excluding carboxylic acids is 1. The number of hydrogen-bond donors (Lipinski definition) is 1. The standard InChI is InChI=1S/C25H31F2N5O3S/c1-16-4-5-18(14-30-8-10-31(11-9-30)24(34)17(2)33)12-20(16)21-6-7-22-23(28-21)29(3)36(35)32(22)15-19-13-25(19,26)27/h4-7,12,17,19,33H,8-11,13-15H2,1-3H3. The van der Waals surface area contributed by atoms with Crippen molar-refractivity contribution in [2.45, 2.75) is 38.8 Å². The molecule has 2 aliphatic heterocycles. The van der Waals surface area contributed by atoms with Gasteiger partial charge in [-0.2, -0.15) is 0 Å². The molecule has 3 heterocycles. The summed E-state index contributed by atoms with van der Waals surface area (Å²) in [5.41, 5.74) is 4.48. The van der Waals surface area contributed by atoms with E-state index in [1.807, 2.05) is 19.1 Å². The van der Waals surface area contributed by atoms with Gasteiger partial charge in [0.2, 0.25) is 11.2 Å². The van der Waals surface area contributed by atoms with E-state index in [1.165, 1.54) is 15.5 Å². The average Bonchev–Trinajstić information content (AvgIpc) is 3.40. The van der Waals surface area contributed by atoms with Crippen molar-refractivity contribution in [1.29, 1.82) is 0 Å². The van der Waals surface area contributed by atoms with Gasteiger partial charge in [-0.1, -0.05) is 12.1 Å². The minimum atomic E-state index is -2.67. The molecule has 8 nitrogen and oxygen atoms in total. The molecule has 2 fully saturated rings. The number of piperazine rings is 1. The SMILES string of the molecule is Cc1ccc(CN2CCN(C(=O)C(C)O)CC2)cc1-c1ccc2c(n1)N(C)S(=O)N2CC1CC1(F)F. The van der Waals surface area contributed by atoms with Crippen molar-refractivity contribution in [3.63, 3.8) is 0 Å². The number of halogens is 2. The number of hydrogen-bond acceptors (Lipinski definition) is 5. The Morgan fingerprint density at radius 2 is 1.92 bits per heavy atom. The highest BCUT2D eigenvalue weighted by Crippen LogP contribution is 2.51.